The number of aliphatic hydroxyl groups excluding tert-OH is 1. The molecule has 0 aromatic rings. The summed E-state index contributed by atoms with van der Waals surface area (Å²) in [5.74, 6) is -0.845. The molecule has 1 atom stereocenters. The van der Waals surface area contributed by atoms with Gasteiger partial charge >= 0.3 is 5.97 Å². The highest BCUT2D eigenvalue weighted by Crippen LogP contribution is 2.10. The lowest BCUT2D eigenvalue weighted by atomic mass is 10.1. The monoisotopic (exact) mass is 286 g/mol. The first-order valence-electron chi connectivity index (χ1n) is 7.99. The van der Waals surface area contributed by atoms with Gasteiger partial charge in [-0.15, -0.1) is 0 Å². The summed E-state index contributed by atoms with van der Waals surface area (Å²) in [5, 5.41) is 17.1. The number of rotatable bonds is 10. The number of hydrogen-bond acceptors (Lipinski definition) is 2. The maximum Gasteiger partial charge on any atom is 0.330 e. The van der Waals surface area contributed by atoms with Gasteiger partial charge in [-0.05, 0) is 27.2 Å². The third kappa shape index (κ3) is 19.5. The molecular weight excluding hydrogens is 252 g/mol. The van der Waals surface area contributed by atoms with Gasteiger partial charge in [0.25, 0.3) is 0 Å². The smallest absolute Gasteiger partial charge is 0.330 e. The molecule has 0 aliphatic carbocycles. The molecule has 0 aromatic heterocycles. The van der Waals surface area contributed by atoms with E-state index >= 15 is 0 Å². The van der Waals surface area contributed by atoms with Crippen LogP contribution in [0, 0.1) is 0 Å². The average molecular weight is 286 g/mol. The van der Waals surface area contributed by atoms with Crippen molar-refractivity contribution < 1.29 is 15.0 Å². The van der Waals surface area contributed by atoms with Gasteiger partial charge in [0.2, 0.25) is 0 Å². The third-order valence-electron chi connectivity index (χ3n) is 3.25. The molecule has 0 spiro atoms. The fraction of sp³-hybridized carbons (Fsp3) is 0.824. The molecule has 0 bridgehead atoms. The van der Waals surface area contributed by atoms with Gasteiger partial charge in [0, 0.05) is 5.57 Å². The van der Waals surface area contributed by atoms with Crippen LogP contribution in [0.5, 0.6) is 0 Å². The standard InChI is InChI=1S/C12H26O.C5H8O2/c1-3-4-5-6-7-8-9-10-11-12(2)13;1-3-4(2)5(6)7/h12-13H,3-11H2,1-2H3;3H,1-2H3,(H,6,7). The summed E-state index contributed by atoms with van der Waals surface area (Å²) in [6, 6.07) is 0. The van der Waals surface area contributed by atoms with Gasteiger partial charge in [0.05, 0.1) is 6.10 Å². The fourth-order valence-corrected chi connectivity index (χ4v) is 1.70. The molecule has 0 amide bonds. The van der Waals surface area contributed by atoms with E-state index in [9.17, 15) is 4.79 Å². The molecule has 0 aliphatic rings. The molecule has 2 N–H and O–H groups in total. The van der Waals surface area contributed by atoms with E-state index in [0.717, 1.165) is 6.42 Å². The number of carboxylic acids is 1. The zero-order valence-corrected chi connectivity index (χ0v) is 13.8. The van der Waals surface area contributed by atoms with Crippen LogP contribution in [0.25, 0.3) is 0 Å². The van der Waals surface area contributed by atoms with Gasteiger partial charge in [-0.1, -0.05) is 64.4 Å². The predicted molar refractivity (Wildman–Crippen MR) is 86.0 cm³/mol. The molecule has 3 nitrogen and oxygen atoms in total. The summed E-state index contributed by atoms with van der Waals surface area (Å²) in [5.41, 5.74) is 0.389. The molecule has 20 heavy (non-hydrogen) atoms. The van der Waals surface area contributed by atoms with Gasteiger partial charge in [0.1, 0.15) is 0 Å². The van der Waals surface area contributed by atoms with Crippen molar-refractivity contribution in [2.75, 3.05) is 0 Å². The highest BCUT2D eigenvalue weighted by molar-refractivity contribution is 5.85. The van der Waals surface area contributed by atoms with Crippen molar-refractivity contribution in [3.8, 4) is 0 Å². The predicted octanol–water partition coefficient (Wildman–Crippen LogP) is 4.94. The highest BCUT2D eigenvalue weighted by atomic mass is 16.4. The van der Waals surface area contributed by atoms with Gasteiger partial charge < -0.3 is 10.2 Å². The Balaban J connectivity index is 0. The zero-order valence-electron chi connectivity index (χ0n) is 13.8. The summed E-state index contributed by atoms with van der Waals surface area (Å²) >= 11 is 0. The molecule has 3 heteroatoms. The molecule has 0 saturated carbocycles. The van der Waals surface area contributed by atoms with Crippen molar-refractivity contribution in [1.29, 1.82) is 0 Å². The van der Waals surface area contributed by atoms with Crippen LogP contribution in [0.3, 0.4) is 0 Å². The Morgan fingerprint density at radius 2 is 1.50 bits per heavy atom. The van der Waals surface area contributed by atoms with Crippen LogP contribution in [-0.2, 0) is 4.79 Å². The summed E-state index contributed by atoms with van der Waals surface area (Å²) in [6.07, 6.45) is 13.2. The van der Waals surface area contributed by atoms with E-state index < -0.39 is 5.97 Å². The van der Waals surface area contributed by atoms with Gasteiger partial charge in [-0.25, -0.2) is 4.79 Å². The van der Waals surface area contributed by atoms with Crippen LogP contribution in [-0.4, -0.2) is 22.3 Å². The lowest BCUT2D eigenvalue weighted by Gasteiger charge is -2.03. The second kappa shape index (κ2) is 16.2. The normalized spacial score (nSPS) is 12.6. The maximum atomic E-state index is 9.86. The van der Waals surface area contributed by atoms with E-state index in [4.69, 9.17) is 10.2 Å². The van der Waals surface area contributed by atoms with E-state index in [-0.39, 0.29) is 6.10 Å². The summed E-state index contributed by atoms with van der Waals surface area (Å²) in [6.45, 7) is 7.38. The number of aliphatic carboxylic acids is 1. The minimum atomic E-state index is -0.845. The minimum Gasteiger partial charge on any atom is -0.478 e. The van der Waals surface area contributed by atoms with E-state index in [1.165, 1.54) is 51.4 Å². The number of allylic oxidation sites excluding steroid dienone is 1. The first-order valence-corrected chi connectivity index (χ1v) is 7.99. The van der Waals surface area contributed by atoms with Crippen molar-refractivity contribution in [2.45, 2.75) is 91.6 Å². The Kier molecular flexibility index (Phi) is 17.4. The Hall–Kier alpha value is -0.830. The van der Waals surface area contributed by atoms with Crippen molar-refractivity contribution in [1.82, 2.24) is 0 Å². The number of carboxylic acid groups (broad SMARTS) is 1. The summed E-state index contributed by atoms with van der Waals surface area (Å²) < 4.78 is 0. The molecule has 0 fully saturated rings. The largest absolute Gasteiger partial charge is 0.478 e. The first kappa shape index (κ1) is 21.5. The minimum absolute atomic E-state index is 0.0971. The number of unbranched alkanes of at least 4 members (excludes halogenated alkanes) is 7. The first-order chi connectivity index (χ1) is 9.45. The van der Waals surface area contributed by atoms with Crippen molar-refractivity contribution in [2.24, 2.45) is 0 Å². The van der Waals surface area contributed by atoms with Crippen LogP contribution >= 0.6 is 0 Å². The molecule has 0 rings (SSSR count). The second-order valence-corrected chi connectivity index (χ2v) is 5.39. The van der Waals surface area contributed by atoms with Crippen molar-refractivity contribution in [3.63, 3.8) is 0 Å². The van der Waals surface area contributed by atoms with Crippen LogP contribution in [0.2, 0.25) is 0 Å². The zero-order chi connectivity index (χ0) is 15.8. The molecule has 120 valence electrons. The maximum absolute atomic E-state index is 9.86. The third-order valence-corrected chi connectivity index (χ3v) is 3.25. The Morgan fingerprint density at radius 3 is 1.80 bits per heavy atom. The van der Waals surface area contributed by atoms with Gasteiger partial charge in [0.15, 0.2) is 0 Å². The second-order valence-electron chi connectivity index (χ2n) is 5.39. The number of aliphatic hydroxyl groups is 1. The van der Waals surface area contributed by atoms with Gasteiger partial charge in [-0.2, -0.15) is 0 Å². The van der Waals surface area contributed by atoms with E-state index in [2.05, 4.69) is 6.92 Å². The summed E-state index contributed by atoms with van der Waals surface area (Å²) in [7, 11) is 0. The van der Waals surface area contributed by atoms with Crippen LogP contribution < -0.4 is 0 Å². The fourth-order valence-electron chi connectivity index (χ4n) is 1.70. The van der Waals surface area contributed by atoms with E-state index in [0.29, 0.717) is 5.57 Å². The molecule has 1 unspecified atom stereocenters. The van der Waals surface area contributed by atoms with Crippen LogP contribution in [0.4, 0.5) is 0 Å². The molecule has 0 aliphatic heterocycles. The number of hydrogen-bond donors (Lipinski definition) is 2. The molecule has 0 radical (unpaired) electrons. The highest BCUT2D eigenvalue weighted by Gasteiger charge is 1.95. The lowest BCUT2D eigenvalue weighted by molar-refractivity contribution is -0.132. The molecule has 0 saturated heterocycles. The van der Waals surface area contributed by atoms with Crippen molar-refractivity contribution in [3.05, 3.63) is 11.6 Å². The Bertz CT molecular complexity index is 245. The summed E-state index contributed by atoms with van der Waals surface area (Å²) in [4.78, 5) is 9.86. The van der Waals surface area contributed by atoms with E-state index in [1.807, 2.05) is 6.92 Å². The lowest BCUT2D eigenvalue weighted by Crippen LogP contribution is -1.98. The molecule has 0 heterocycles. The molecule has 0 aromatic carbocycles. The average Bonchev–Trinajstić information content (AvgIpc) is 2.41. The van der Waals surface area contributed by atoms with Crippen molar-refractivity contribution >= 4 is 5.97 Å². The SMILES string of the molecule is CC=C(C)C(=O)O.CCCCCCCCCCC(C)O. The Labute approximate surface area is 125 Å². The topological polar surface area (TPSA) is 57.5 Å². The molecular formula is C17H34O3. The van der Waals surface area contributed by atoms with E-state index in [1.54, 1.807) is 19.9 Å². The Morgan fingerprint density at radius 1 is 1.05 bits per heavy atom. The quantitative estimate of drug-likeness (QED) is 0.442. The van der Waals surface area contributed by atoms with Gasteiger partial charge in [-0.3, -0.25) is 0 Å². The van der Waals surface area contributed by atoms with Crippen LogP contribution in [0.1, 0.15) is 85.5 Å². The van der Waals surface area contributed by atoms with Crippen LogP contribution in [0.15, 0.2) is 11.6 Å². The number of carbonyl (C=O) groups is 1.